The highest BCUT2D eigenvalue weighted by Gasteiger charge is 2.33. The number of nitrogens with zero attached hydrogens (tertiary/aromatic N) is 4. The zero-order chi connectivity index (χ0) is 17.8. The number of hydrogen-bond acceptors (Lipinski definition) is 4. The molecule has 0 saturated carbocycles. The summed E-state index contributed by atoms with van der Waals surface area (Å²) in [7, 11) is 1.62. The van der Waals surface area contributed by atoms with Gasteiger partial charge >= 0.3 is 0 Å². The van der Waals surface area contributed by atoms with Gasteiger partial charge in [0.1, 0.15) is 18.3 Å². The summed E-state index contributed by atoms with van der Waals surface area (Å²) in [5.74, 6) is -0.948. The lowest BCUT2D eigenvalue weighted by molar-refractivity contribution is 0.0745. The van der Waals surface area contributed by atoms with Gasteiger partial charge < -0.3 is 4.90 Å². The van der Waals surface area contributed by atoms with Gasteiger partial charge in [-0.05, 0) is 18.6 Å². The lowest BCUT2D eigenvalue weighted by Crippen LogP contribution is -2.41. The van der Waals surface area contributed by atoms with Crippen LogP contribution in [0, 0.1) is 5.82 Å². The van der Waals surface area contributed by atoms with Gasteiger partial charge in [-0.1, -0.05) is 12.1 Å². The Morgan fingerprint density at radius 2 is 2.04 bits per heavy atom. The minimum Gasteiger partial charge on any atom is -0.340 e. The summed E-state index contributed by atoms with van der Waals surface area (Å²) < 4.78 is 27.7. The largest absolute Gasteiger partial charge is 0.340 e. The summed E-state index contributed by atoms with van der Waals surface area (Å²) in [6, 6.07) is 5.76. The zero-order valence-corrected chi connectivity index (χ0v) is 14.0. The molecule has 0 aliphatic carbocycles. The number of likely N-dealkylation sites (N-methyl/N-ethyl adjacent to an activating group) is 1. The molecule has 2 heterocycles. The van der Waals surface area contributed by atoms with Crippen LogP contribution in [0.1, 0.15) is 22.3 Å². The van der Waals surface area contributed by atoms with Crippen molar-refractivity contribution in [1.29, 1.82) is 0 Å². The molecule has 1 aliphatic heterocycles. The predicted molar refractivity (Wildman–Crippen MR) is 89.1 cm³/mol. The Bertz CT molecular complexity index is 728. The molecule has 3 rings (SSSR count). The molecule has 1 aromatic carbocycles. The van der Waals surface area contributed by atoms with Crippen LogP contribution in [0.2, 0.25) is 0 Å². The van der Waals surface area contributed by atoms with Gasteiger partial charge in [-0.3, -0.25) is 9.69 Å². The quantitative estimate of drug-likeness (QED) is 0.834. The number of hydrogen-bond donors (Lipinski definition) is 0. The topological polar surface area (TPSA) is 49.3 Å². The second-order valence-corrected chi connectivity index (χ2v) is 6.33. The first-order valence-corrected chi connectivity index (χ1v) is 8.16. The van der Waals surface area contributed by atoms with Crippen molar-refractivity contribution in [2.75, 3.05) is 20.1 Å². The average molecular weight is 346 g/mol. The van der Waals surface area contributed by atoms with E-state index >= 15 is 0 Å². The fourth-order valence-electron chi connectivity index (χ4n) is 3.19. The second-order valence-electron chi connectivity index (χ2n) is 6.33. The fourth-order valence-corrected chi connectivity index (χ4v) is 3.19. The van der Waals surface area contributed by atoms with E-state index in [1.165, 1.54) is 23.4 Å². The van der Waals surface area contributed by atoms with Crippen molar-refractivity contribution >= 4 is 5.91 Å². The number of alkyl halides is 1. The minimum atomic E-state index is -0.938. The van der Waals surface area contributed by atoms with Crippen LogP contribution < -0.4 is 0 Å². The van der Waals surface area contributed by atoms with Gasteiger partial charge in [0.15, 0.2) is 0 Å². The molecule has 0 N–H and O–H groups in total. The normalized spacial score (nSPS) is 20.6. The lowest BCUT2D eigenvalue weighted by atomic mass is 10.1. The zero-order valence-electron chi connectivity index (χ0n) is 14.0. The summed E-state index contributed by atoms with van der Waals surface area (Å²) in [6.07, 6.45) is 4.26. The third-order valence-corrected chi connectivity index (χ3v) is 4.41. The van der Waals surface area contributed by atoms with E-state index in [1.807, 2.05) is 4.90 Å². The maximum absolute atomic E-state index is 13.9. The average Bonchev–Trinajstić information content (AvgIpc) is 2.94. The molecule has 2 atom stereocenters. The molecular formula is C18H20F2N4O. The third kappa shape index (κ3) is 4.17. The summed E-state index contributed by atoms with van der Waals surface area (Å²) in [4.78, 5) is 23.8. The van der Waals surface area contributed by atoms with E-state index in [1.54, 1.807) is 31.6 Å². The Morgan fingerprint density at radius 1 is 1.32 bits per heavy atom. The molecule has 5 nitrogen and oxygen atoms in total. The number of likely N-dealkylation sites (tertiary alicyclic amines) is 1. The number of aromatic nitrogens is 2. The van der Waals surface area contributed by atoms with Crippen LogP contribution in [-0.4, -0.2) is 58.0 Å². The summed E-state index contributed by atoms with van der Waals surface area (Å²) in [5, 5.41) is 0. The van der Waals surface area contributed by atoms with Gasteiger partial charge in [-0.25, -0.2) is 18.7 Å². The van der Waals surface area contributed by atoms with E-state index in [-0.39, 0.29) is 11.6 Å². The van der Waals surface area contributed by atoms with E-state index in [0.717, 1.165) is 5.56 Å². The first-order chi connectivity index (χ1) is 12.0. The molecule has 1 aliphatic rings. The molecule has 0 bridgehead atoms. The smallest absolute Gasteiger partial charge is 0.256 e. The molecule has 1 fully saturated rings. The van der Waals surface area contributed by atoms with Crippen molar-refractivity contribution in [3.05, 3.63) is 59.9 Å². The summed E-state index contributed by atoms with van der Waals surface area (Å²) >= 11 is 0. The highest BCUT2D eigenvalue weighted by Crippen LogP contribution is 2.23. The Hall–Kier alpha value is -2.41. The third-order valence-electron chi connectivity index (χ3n) is 4.41. The molecule has 1 saturated heterocycles. The molecule has 7 heteroatoms. The number of amides is 1. The van der Waals surface area contributed by atoms with Crippen LogP contribution in [-0.2, 0) is 6.54 Å². The summed E-state index contributed by atoms with van der Waals surface area (Å²) in [5.41, 5.74) is 0.924. The van der Waals surface area contributed by atoms with Crippen LogP contribution in [0.4, 0.5) is 8.78 Å². The van der Waals surface area contributed by atoms with Crippen LogP contribution >= 0.6 is 0 Å². The summed E-state index contributed by atoms with van der Waals surface area (Å²) in [6.45, 7) is 1.16. The first-order valence-electron chi connectivity index (χ1n) is 8.16. The lowest BCUT2D eigenvalue weighted by Gasteiger charge is -2.28. The Kier molecular flexibility index (Phi) is 5.33. The standard InChI is InChI=1S/C18H20F2N4O/c1-23(18(25)16-4-2-3-5-17(16)20)11-15-6-14(19)10-24(15)9-13-7-21-12-22-8-13/h2-5,7-8,12,14-15H,6,9-11H2,1H3/t14-,15-/m0/s1. The van der Waals surface area contributed by atoms with Gasteiger partial charge in [0.25, 0.3) is 5.91 Å². The second kappa shape index (κ2) is 7.65. The van der Waals surface area contributed by atoms with Crippen LogP contribution in [0.3, 0.4) is 0 Å². The Morgan fingerprint density at radius 3 is 2.76 bits per heavy atom. The molecule has 0 radical (unpaired) electrons. The number of halogens is 2. The van der Waals surface area contributed by atoms with E-state index in [4.69, 9.17) is 0 Å². The number of benzene rings is 1. The number of carbonyl (C=O) groups is 1. The van der Waals surface area contributed by atoms with Gasteiger partial charge in [0, 0.05) is 50.7 Å². The maximum Gasteiger partial charge on any atom is 0.256 e. The molecule has 25 heavy (non-hydrogen) atoms. The maximum atomic E-state index is 13.9. The van der Waals surface area contributed by atoms with Crippen molar-refractivity contribution in [1.82, 2.24) is 19.8 Å². The van der Waals surface area contributed by atoms with E-state index < -0.39 is 17.9 Å². The molecule has 132 valence electrons. The van der Waals surface area contributed by atoms with Gasteiger partial charge in [-0.15, -0.1) is 0 Å². The highest BCUT2D eigenvalue weighted by atomic mass is 19.1. The highest BCUT2D eigenvalue weighted by molar-refractivity contribution is 5.94. The van der Waals surface area contributed by atoms with Gasteiger partial charge in [-0.2, -0.15) is 0 Å². The first kappa shape index (κ1) is 17.4. The Balaban J connectivity index is 1.67. The molecule has 2 aromatic rings. The van der Waals surface area contributed by atoms with Gasteiger partial charge in [0.2, 0.25) is 0 Å². The minimum absolute atomic E-state index is 0.0304. The van der Waals surface area contributed by atoms with E-state index in [0.29, 0.717) is 26.1 Å². The van der Waals surface area contributed by atoms with Crippen molar-refractivity contribution in [3.63, 3.8) is 0 Å². The molecule has 0 unspecified atom stereocenters. The Labute approximate surface area is 145 Å². The molecule has 0 spiro atoms. The molecule has 1 aromatic heterocycles. The van der Waals surface area contributed by atoms with Crippen molar-refractivity contribution in [3.8, 4) is 0 Å². The van der Waals surface area contributed by atoms with Crippen LogP contribution in [0.5, 0.6) is 0 Å². The van der Waals surface area contributed by atoms with Gasteiger partial charge in [0.05, 0.1) is 5.56 Å². The van der Waals surface area contributed by atoms with Crippen molar-refractivity contribution < 1.29 is 13.6 Å². The van der Waals surface area contributed by atoms with Crippen LogP contribution in [0.25, 0.3) is 0 Å². The molecule has 1 amide bonds. The van der Waals surface area contributed by atoms with Crippen LogP contribution in [0.15, 0.2) is 43.0 Å². The fraction of sp³-hybridized carbons (Fsp3) is 0.389. The predicted octanol–water partition coefficient (Wildman–Crippen LogP) is 2.30. The SMILES string of the molecule is CN(C[C@@H]1C[C@H](F)CN1Cc1cncnc1)C(=O)c1ccccc1F. The van der Waals surface area contributed by atoms with Crippen molar-refractivity contribution in [2.45, 2.75) is 25.2 Å². The van der Waals surface area contributed by atoms with E-state index in [9.17, 15) is 13.6 Å². The number of carbonyl (C=O) groups excluding carboxylic acids is 1. The molecular weight excluding hydrogens is 326 g/mol. The van der Waals surface area contributed by atoms with Crippen molar-refractivity contribution in [2.24, 2.45) is 0 Å². The van der Waals surface area contributed by atoms with E-state index in [2.05, 4.69) is 9.97 Å². The number of rotatable bonds is 5. The monoisotopic (exact) mass is 346 g/mol.